The molecule has 2 rings (SSSR count). The largest absolute Gasteiger partial charge is 0.490 e. The Labute approximate surface area is 111 Å². The molecule has 2 N–H and O–H groups in total. The molecule has 4 nitrogen and oxygen atoms in total. The Bertz CT molecular complexity index is 592. The van der Waals surface area contributed by atoms with Crippen LogP contribution in [-0.4, -0.2) is 35.3 Å². The lowest BCUT2D eigenvalue weighted by Crippen LogP contribution is -2.21. The summed E-state index contributed by atoms with van der Waals surface area (Å²) in [6.45, 7) is 1.20. The standard InChI is InChI=1S/C15H16O4/c1-10(17)12-6-7-15(19-9-11(18)8-16)14-5-3-2-4-13(12)14/h2-7,11,16,18H,8-9H2,1H3/t11-/m0/s1. The van der Waals surface area contributed by atoms with Crippen LogP contribution in [0.25, 0.3) is 10.8 Å². The predicted molar refractivity (Wildman–Crippen MR) is 72.5 cm³/mol. The third kappa shape index (κ3) is 2.92. The van der Waals surface area contributed by atoms with Crippen LogP contribution in [0.2, 0.25) is 0 Å². The second-order valence-corrected chi connectivity index (χ2v) is 4.36. The molecule has 0 aliphatic heterocycles. The molecular weight excluding hydrogens is 244 g/mol. The Morgan fingerprint density at radius 2 is 1.89 bits per heavy atom. The first-order valence-corrected chi connectivity index (χ1v) is 6.08. The summed E-state index contributed by atoms with van der Waals surface area (Å²) in [5.41, 5.74) is 0.644. The summed E-state index contributed by atoms with van der Waals surface area (Å²) >= 11 is 0. The number of aliphatic hydroxyl groups excluding tert-OH is 2. The molecule has 0 saturated heterocycles. The Hall–Kier alpha value is -1.91. The first kappa shape index (κ1) is 13.5. The Kier molecular flexibility index (Phi) is 4.14. The molecule has 100 valence electrons. The maximum absolute atomic E-state index is 11.6. The van der Waals surface area contributed by atoms with Gasteiger partial charge in [-0.05, 0) is 24.4 Å². The van der Waals surface area contributed by atoms with Gasteiger partial charge in [-0.1, -0.05) is 24.3 Å². The minimum atomic E-state index is -0.911. The number of benzene rings is 2. The van der Waals surface area contributed by atoms with Crippen molar-refractivity contribution < 1.29 is 19.7 Å². The molecule has 2 aromatic carbocycles. The molecule has 0 amide bonds. The maximum atomic E-state index is 11.6. The number of hydrogen-bond acceptors (Lipinski definition) is 4. The predicted octanol–water partition coefficient (Wildman–Crippen LogP) is 1.77. The van der Waals surface area contributed by atoms with Gasteiger partial charge in [0, 0.05) is 10.9 Å². The number of hydrogen-bond donors (Lipinski definition) is 2. The molecule has 1 atom stereocenters. The minimum absolute atomic E-state index is 0.00172. The van der Waals surface area contributed by atoms with Gasteiger partial charge < -0.3 is 14.9 Å². The number of ether oxygens (including phenoxy) is 1. The zero-order valence-electron chi connectivity index (χ0n) is 10.7. The molecule has 0 aliphatic carbocycles. The number of Topliss-reactive ketones (excluding diaryl/α,β-unsaturated/α-hetero) is 1. The van der Waals surface area contributed by atoms with Crippen molar-refractivity contribution in [3.05, 3.63) is 42.0 Å². The van der Waals surface area contributed by atoms with Crippen molar-refractivity contribution in [3.8, 4) is 5.75 Å². The Morgan fingerprint density at radius 1 is 1.21 bits per heavy atom. The maximum Gasteiger partial charge on any atom is 0.160 e. The highest BCUT2D eigenvalue weighted by Crippen LogP contribution is 2.28. The molecule has 0 unspecified atom stereocenters. The number of aliphatic hydroxyl groups is 2. The normalized spacial score (nSPS) is 12.4. The fourth-order valence-electron chi connectivity index (χ4n) is 1.94. The molecule has 4 heteroatoms. The fourth-order valence-corrected chi connectivity index (χ4v) is 1.94. The molecule has 19 heavy (non-hydrogen) atoms. The second-order valence-electron chi connectivity index (χ2n) is 4.36. The third-order valence-electron chi connectivity index (χ3n) is 2.91. The number of carbonyl (C=O) groups excluding carboxylic acids is 1. The SMILES string of the molecule is CC(=O)c1ccc(OC[C@@H](O)CO)c2ccccc12. The van der Waals surface area contributed by atoms with E-state index >= 15 is 0 Å². The summed E-state index contributed by atoms with van der Waals surface area (Å²) < 4.78 is 5.49. The van der Waals surface area contributed by atoms with Crippen LogP contribution < -0.4 is 4.74 Å². The van der Waals surface area contributed by atoms with Gasteiger partial charge in [0.15, 0.2) is 5.78 Å². The molecule has 2 aromatic rings. The van der Waals surface area contributed by atoms with Crippen molar-refractivity contribution >= 4 is 16.6 Å². The topological polar surface area (TPSA) is 66.8 Å². The van der Waals surface area contributed by atoms with Crippen LogP contribution in [0.5, 0.6) is 5.75 Å². The fraction of sp³-hybridized carbons (Fsp3) is 0.267. The number of rotatable bonds is 5. The van der Waals surface area contributed by atoms with Crippen LogP contribution in [0.4, 0.5) is 0 Å². The van der Waals surface area contributed by atoms with Crippen LogP contribution in [0, 0.1) is 0 Å². The lowest BCUT2D eigenvalue weighted by Gasteiger charge is -2.13. The van der Waals surface area contributed by atoms with Crippen molar-refractivity contribution in [3.63, 3.8) is 0 Å². The first-order chi connectivity index (χ1) is 9.13. The van der Waals surface area contributed by atoms with Crippen molar-refractivity contribution in [2.75, 3.05) is 13.2 Å². The molecule has 0 radical (unpaired) electrons. The van der Waals surface area contributed by atoms with E-state index < -0.39 is 6.10 Å². The average molecular weight is 260 g/mol. The van der Waals surface area contributed by atoms with E-state index in [4.69, 9.17) is 9.84 Å². The van der Waals surface area contributed by atoms with Crippen molar-refractivity contribution in [2.45, 2.75) is 13.0 Å². The average Bonchev–Trinajstić information content (AvgIpc) is 2.43. The van der Waals surface area contributed by atoms with Gasteiger partial charge in [0.2, 0.25) is 0 Å². The molecule has 0 bridgehead atoms. The summed E-state index contributed by atoms with van der Waals surface area (Å²) in [4.78, 5) is 11.6. The van der Waals surface area contributed by atoms with Gasteiger partial charge in [0.25, 0.3) is 0 Å². The van der Waals surface area contributed by atoms with Gasteiger partial charge >= 0.3 is 0 Å². The summed E-state index contributed by atoms with van der Waals surface area (Å²) in [6.07, 6.45) is -0.911. The van der Waals surface area contributed by atoms with Gasteiger partial charge in [-0.25, -0.2) is 0 Å². The molecule has 0 saturated carbocycles. The van der Waals surface area contributed by atoms with Crippen molar-refractivity contribution in [1.82, 2.24) is 0 Å². The second kappa shape index (κ2) is 5.82. The van der Waals surface area contributed by atoms with Crippen LogP contribution in [-0.2, 0) is 0 Å². The summed E-state index contributed by atoms with van der Waals surface area (Å²) in [5.74, 6) is 0.589. The Balaban J connectivity index is 2.41. The molecule has 0 spiro atoms. The van der Waals surface area contributed by atoms with Crippen LogP contribution in [0.3, 0.4) is 0 Å². The van der Waals surface area contributed by atoms with E-state index in [1.165, 1.54) is 6.92 Å². The lowest BCUT2D eigenvalue weighted by atomic mass is 10.0. The van der Waals surface area contributed by atoms with Gasteiger partial charge in [0.05, 0.1) is 6.61 Å². The molecule has 0 heterocycles. The van der Waals surface area contributed by atoms with Gasteiger partial charge in [-0.2, -0.15) is 0 Å². The zero-order chi connectivity index (χ0) is 13.8. The molecule has 0 aromatic heterocycles. The summed E-state index contributed by atoms with van der Waals surface area (Å²) in [7, 11) is 0. The van der Waals surface area contributed by atoms with Crippen LogP contribution in [0.15, 0.2) is 36.4 Å². The lowest BCUT2D eigenvalue weighted by molar-refractivity contribution is 0.0541. The highest BCUT2D eigenvalue weighted by atomic mass is 16.5. The Morgan fingerprint density at radius 3 is 2.53 bits per heavy atom. The van der Waals surface area contributed by atoms with E-state index in [0.717, 1.165) is 10.8 Å². The minimum Gasteiger partial charge on any atom is -0.490 e. The summed E-state index contributed by atoms with van der Waals surface area (Å²) in [6, 6.07) is 10.9. The first-order valence-electron chi connectivity index (χ1n) is 6.08. The molecular formula is C15H16O4. The van der Waals surface area contributed by atoms with E-state index in [0.29, 0.717) is 11.3 Å². The molecule has 0 aliphatic rings. The highest BCUT2D eigenvalue weighted by Gasteiger charge is 2.10. The zero-order valence-corrected chi connectivity index (χ0v) is 10.7. The van der Waals surface area contributed by atoms with Gasteiger partial charge in [0.1, 0.15) is 18.5 Å². The quantitative estimate of drug-likeness (QED) is 0.804. The van der Waals surface area contributed by atoms with E-state index in [1.807, 2.05) is 24.3 Å². The van der Waals surface area contributed by atoms with Crippen molar-refractivity contribution in [1.29, 1.82) is 0 Å². The smallest absolute Gasteiger partial charge is 0.160 e. The molecule has 0 fully saturated rings. The number of carbonyl (C=O) groups is 1. The van der Waals surface area contributed by atoms with Crippen LogP contribution in [0.1, 0.15) is 17.3 Å². The van der Waals surface area contributed by atoms with E-state index in [9.17, 15) is 9.90 Å². The van der Waals surface area contributed by atoms with E-state index in [1.54, 1.807) is 12.1 Å². The van der Waals surface area contributed by atoms with Crippen molar-refractivity contribution in [2.24, 2.45) is 0 Å². The number of ketones is 1. The van der Waals surface area contributed by atoms with E-state index in [2.05, 4.69) is 0 Å². The summed E-state index contributed by atoms with van der Waals surface area (Å²) in [5, 5.41) is 19.7. The van der Waals surface area contributed by atoms with Gasteiger partial charge in [-0.3, -0.25) is 4.79 Å². The van der Waals surface area contributed by atoms with Crippen LogP contribution >= 0.6 is 0 Å². The highest BCUT2D eigenvalue weighted by molar-refractivity contribution is 6.08. The monoisotopic (exact) mass is 260 g/mol. The third-order valence-corrected chi connectivity index (χ3v) is 2.91. The van der Waals surface area contributed by atoms with Gasteiger partial charge in [-0.15, -0.1) is 0 Å². The number of fused-ring (bicyclic) bond motifs is 1. The van der Waals surface area contributed by atoms with E-state index in [-0.39, 0.29) is 19.0 Å².